The molecule has 0 aliphatic carbocycles. The van der Waals surface area contributed by atoms with E-state index in [0.717, 1.165) is 19.2 Å². The minimum absolute atomic E-state index is 0.611. The topological polar surface area (TPSA) is 35.2 Å². The quantitative estimate of drug-likeness (QED) is 0.677. The zero-order chi connectivity index (χ0) is 10.5. The second-order valence-corrected chi connectivity index (χ2v) is 7.47. The SMILES string of the molecule is CCC[P+](C)(N)OC[C@H](C)C(C)C. The second kappa shape index (κ2) is 5.95. The summed E-state index contributed by atoms with van der Waals surface area (Å²) >= 11 is 0. The van der Waals surface area contributed by atoms with E-state index in [1.165, 1.54) is 0 Å². The van der Waals surface area contributed by atoms with Gasteiger partial charge in [-0.3, -0.25) is 0 Å². The molecule has 0 aromatic carbocycles. The fourth-order valence-corrected chi connectivity index (χ4v) is 2.58. The van der Waals surface area contributed by atoms with E-state index in [2.05, 4.69) is 34.4 Å². The first-order chi connectivity index (χ1) is 5.89. The fourth-order valence-electron chi connectivity index (χ4n) is 0.989. The van der Waals surface area contributed by atoms with Crippen LogP contribution in [-0.2, 0) is 4.52 Å². The Morgan fingerprint density at radius 2 is 1.85 bits per heavy atom. The highest BCUT2D eigenvalue weighted by molar-refractivity contribution is 7.68. The predicted molar refractivity (Wildman–Crippen MR) is 62.1 cm³/mol. The van der Waals surface area contributed by atoms with E-state index >= 15 is 0 Å². The van der Waals surface area contributed by atoms with Gasteiger partial charge >= 0.3 is 0 Å². The van der Waals surface area contributed by atoms with Crippen LogP contribution in [0.4, 0.5) is 0 Å². The van der Waals surface area contributed by atoms with Gasteiger partial charge in [0.15, 0.2) is 0 Å². The predicted octanol–water partition coefficient (Wildman–Crippen LogP) is 3.14. The lowest BCUT2D eigenvalue weighted by Crippen LogP contribution is -2.17. The van der Waals surface area contributed by atoms with Crippen molar-refractivity contribution in [3.63, 3.8) is 0 Å². The molecule has 3 heteroatoms. The summed E-state index contributed by atoms with van der Waals surface area (Å²) in [6.07, 6.45) is 2.16. The molecule has 80 valence electrons. The molecule has 0 saturated heterocycles. The molecule has 0 aliphatic rings. The van der Waals surface area contributed by atoms with E-state index in [1.54, 1.807) is 0 Å². The van der Waals surface area contributed by atoms with Crippen LogP contribution in [0, 0.1) is 11.8 Å². The molecule has 0 spiro atoms. The Balaban J connectivity index is 3.73. The Labute approximate surface area is 83.7 Å². The number of rotatable bonds is 6. The van der Waals surface area contributed by atoms with Crippen molar-refractivity contribution < 1.29 is 4.52 Å². The molecule has 0 heterocycles. The average molecular weight is 206 g/mol. The number of hydrogen-bond donors (Lipinski definition) is 1. The van der Waals surface area contributed by atoms with Crippen LogP contribution in [0.25, 0.3) is 0 Å². The summed E-state index contributed by atoms with van der Waals surface area (Å²) < 4.78 is 5.78. The second-order valence-electron chi connectivity index (χ2n) is 4.41. The van der Waals surface area contributed by atoms with Crippen molar-refractivity contribution in [1.29, 1.82) is 0 Å². The van der Waals surface area contributed by atoms with Gasteiger partial charge in [0, 0.05) is 0 Å². The zero-order valence-corrected chi connectivity index (χ0v) is 10.6. The summed E-state index contributed by atoms with van der Waals surface area (Å²) in [6, 6.07) is 0. The lowest BCUT2D eigenvalue weighted by Gasteiger charge is -2.20. The van der Waals surface area contributed by atoms with Gasteiger partial charge in [-0.15, -0.1) is 0 Å². The van der Waals surface area contributed by atoms with Crippen molar-refractivity contribution in [2.75, 3.05) is 19.4 Å². The van der Waals surface area contributed by atoms with Crippen molar-refractivity contribution in [2.24, 2.45) is 17.3 Å². The number of nitrogens with two attached hydrogens (primary N) is 1. The summed E-state index contributed by atoms with van der Waals surface area (Å²) in [7, 11) is -1.54. The lowest BCUT2D eigenvalue weighted by atomic mass is 10.00. The third kappa shape index (κ3) is 6.42. The van der Waals surface area contributed by atoms with Crippen LogP contribution in [-0.4, -0.2) is 19.4 Å². The standard InChI is InChI=1S/C10H25NOP/c1-6-7-13(5,11)12-8-10(4)9(2)3/h9-10H,6-8,11H2,1-5H3/q+1/t10-,13?/m0/s1. The Morgan fingerprint density at radius 3 is 2.23 bits per heavy atom. The molecule has 0 radical (unpaired) electrons. The molecule has 0 aromatic heterocycles. The largest absolute Gasteiger partial charge is 0.220 e. The van der Waals surface area contributed by atoms with Gasteiger partial charge in [0.25, 0.3) is 0 Å². The highest BCUT2D eigenvalue weighted by Crippen LogP contribution is 2.48. The molecule has 0 aromatic rings. The van der Waals surface area contributed by atoms with Gasteiger partial charge in [-0.1, -0.05) is 27.7 Å². The third-order valence-corrected chi connectivity index (χ3v) is 4.51. The van der Waals surface area contributed by atoms with Crippen LogP contribution in [0.15, 0.2) is 0 Å². The van der Waals surface area contributed by atoms with E-state index in [9.17, 15) is 0 Å². The van der Waals surface area contributed by atoms with Gasteiger partial charge in [0.2, 0.25) is 7.64 Å². The maximum atomic E-state index is 6.06. The van der Waals surface area contributed by atoms with Gasteiger partial charge in [-0.25, -0.2) is 4.52 Å². The average Bonchev–Trinajstić information content (AvgIpc) is 2.00. The highest BCUT2D eigenvalue weighted by atomic mass is 31.2. The molecule has 0 aliphatic heterocycles. The first-order valence-corrected chi connectivity index (χ1v) is 7.58. The maximum Gasteiger partial charge on any atom is 0.207 e. The Hall–Kier alpha value is 0.350. The summed E-state index contributed by atoms with van der Waals surface area (Å²) in [6.45, 7) is 11.7. The van der Waals surface area contributed by atoms with Gasteiger partial charge in [0.1, 0.15) is 6.16 Å². The molecular formula is C10H25NOP+. The molecule has 1 unspecified atom stereocenters. The maximum absolute atomic E-state index is 6.06. The number of hydrogen-bond acceptors (Lipinski definition) is 2. The smallest absolute Gasteiger partial charge is 0.207 e. The first kappa shape index (κ1) is 13.4. The molecule has 0 fully saturated rings. The van der Waals surface area contributed by atoms with E-state index in [4.69, 9.17) is 10.0 Å². The summed E-state index contributed by atoms with van der Waals surface area (Å²) in [5.41, 5.74) is 6.06. The van der Waals surface area contributed by atoms with Crippen LogP contribution in [0.5, 0.6) is 0 Å². The Kier molecular flexibility index (Phi) is 6.11. The van der Waals surface area contributed by atoms with E-state index in [1.807, 2.05) is 0 Å². The van der Waals surface area contributed by atoms with Crippen LogP contribution in [0.3, 0.4) is 0 Å². The Morgan fingerprint density at radius 1 is 1.31 bits per heavy atom. The molecule has 0 amide bonds. The molecular weight excluding hydrogens is 181 g/mol. The van der Waals surface area contributed by atoms with Crippen molar-refractivity contribution in [2.45, 2.75) is 34.1 Å². The first-order valence-electron chi connectivity index (χ1n) is 5.17. The minimum atomic E-state index is -1.54. The van der Waals surface area contributed by atoms with Crippen LogP contribution in [0.2, 0.25) is 0 Å². The molecule has 13 heavy (non-hydrogen) atoms. The van der Waals surface area contributed by atoms with Gasteiger partial charge in [0.05, 0.1) is 13.3 Å². The van der Waals surface area contributed by atoms with E-state index in [-0.39, 0.29) is 0 Å². The van der Waals surface area contributed by atoms with Crippen molar-refractivity contribution in [3.8, 4) is 0 Å². The van der Waals surface area contributed by atoms with Crippen molar-refractivity contribution >= 4 is 7.64 Å². The van der Waals surface area contributed by atoms with E-state index < -0.39 is 7.64 Å². The summed E-state index contributed by atoms with van der Waals surface area (Å²) in [5.74, 6) is 1.29. The van der Waals surface area contributed by atoms with Gasteiger partial charge in [-0.2, -0.15) is 5.50 Å². The van der Waals surface area contributed by atoms with Crippen molar-refractivity contribution in [3.05, 3.63) is 0 Å². The van der Waals surface area contributed by atoms with Crippen LogP contribution < -0.4 is 5.50 Å². The highest BCUT2D eigenvalue weighted by Gasteiger charge is 2.27. The molecule has 0 saturated carbocycles. The van der Waals surface area contributed by atoms with Crippen molar-refractivity contribution in [1.82, 2.24) is 0 Å². The monoisotopic (exact) mass is 206 g/mol. The van der Waals surface area contributed by atoms with Gasteiger partial charge < -0.3 is 0 Å². The van der Waals surface area contributed by atoms with E-state index in [0.29, 0.717) is 11.8 Å². The molecule has 2 N–H and O–H groups in total. The summed E-state index contributed by atoms with van der Waals surface area (Å²) in [4.78, 5) is 0. The van der Waals surface area contributed by atoms with Crippen LogP contribution >= 0.6 is 7.64 Å². The summed E-state index contributed by atoms with van der Waals surface area (Å²) in [5, 5.41) is 0. The zero-order valence-electron chi connectivity index (χ0n) is 9.71. The lowest BCUT2D eigenvalue weighted by molar-refractivity contribution is 0.236. The third-order valence-electron chi connectivity index (χ3n) is 2.44. The van der Waals surface area contributed by atoms with Gasteiger partial charge in [-0.05, 0) is 18.3 Å². The molecule has 2 nitrogen and oxygen atoms in total. The molecule has 0 bridgehead atoms. The molecule has 2 atom stereocenters. The normalized spacial score (nSPS) is 18.7. The van der Waals surface area contributed by atoms with Crippen LogP contribution in [0.1, 0.15) is 34.1 Å². The minimum Gasteiger partial charge on any atom is -0.220 e. The fraction of sp³-hybridized carbons (Fsp3) is 1.00. The Bertz CT molecular complexity index is 137. The molecule has 0 rings (SSSR count).